The fraction of sp³-hybridized carbons (Fsp3) is 0.381. The van der Waals surface area contributed by atoms with Crippen molar-refractivity contribution in [3.8, 4) is 5.75 Å². The predicted octanol–water partition coefficient (Wildman–Crippen LogP) is 3.71. The molecule has 2 aromatic carbocycles. The Morgan fingerprint density at radius 1 is 1.19 bits per heavy atom. The van der Waals surface area contributed by atoms with Crippen LogP contribution in [0.3, 0.4) is 0 Å². The number of morpholine rings is 1. The number of nitrogens with one attached hydrogen (secondary N) is 1. The molecule has 0 saturated carbocycles. The topological polar surface area (TPSA) is 50.8 Å². The summed E-state index contributed by atoms with van der Waals surface area (Å²) >= 11 is 0. The van der Waals surface area contributed by atoms with Crippen LogP contribution in [0, 0.1) is 0 Å². The number of benzene rings is 2. The van der Waals surface area contributed by atoms with Gasteiger partial charge in [0.1, 0.15) is 5.75 Å². The smallest absolute Gasteiger partial charge is 0.224 e. The molecule has 2 aromatic rings. The highest BCUT2D eigenvalue weighted by Gasteiger charge is 2.18. The molecule has 138 valence electrons. The molecule has 1 aliphatic heterocycles. The lowest BCUT2D eigenvalue weighted by Crippen LogP contribution is -2.43. The Balaban J connectivity index is 1.41. The van der Waals surface area contributed by atoms with Crippen molar-refractivity contribution in [2.45, 2.75) is 25.8 Å². The minimum absolute atomic E-state index is 0.00847. The van der Waals surface area contributed by atoms with Crippen LogP contribution in [-0.4, -0.2) is 38.3 Å². The second kappa shape index (κ2) is 9.25. The Morgan fingerprint density at radius 2 is 1.96 bits per heavy atom. The fourth-order valence-corrected chi connectivity index (χ4v) is 3.01. The summed E-state index contributed by atoms with van der Waals surface area (Å²) in [5.41, 5.74) is 1.98. The molecule has 1 atom stereocenters. The summed E-state index contributed by atoms with van der Waals surface area (Å²) in [4.78, 5) is 14.4. The largest absolute Gasteiger partial charge is 0.494 e. The maximum atomic E-state index is 12.1. The molecule has 0 aromatic heterocycles. The van der Waals surface area contributed by atoms with E-state index in [9.17, 15) is 4.79 Å². The minimum atomic E-state index is 0.00847. The van der Waals surface area contributed by atoms with Crippen LogP contribution in [0.5, 0.6) is 5.75 Å². The predicted molar refractivity (Wildman–Crippen MR) is 104 cm³/mol. The van der Waals surface area contributed by atoms with Gasteiger partial charge < -0.3 is 19.7 Å². The molecule has 1 unspecified atom stereocenters. The molecular formula is C21H26N2O3. The molecule has 0 bridgehead atoms. The quantitative estimate of drug-likeness (QED) is 0.770. The summed E-state index contributed by atoms with van der Waals surface area (Å²) in [5.74, 6) is 0.843. The van der Waals surface area contributed by atoms with Gasteiger partial charge in [-0.15, -0.1) is 0 Å². The van der Waals surface area contributed by atoms with E-state index in [0.29, 0.717) is 25.5 Å². The van der Waals surface area contributed by atoms with Gasteiger partial charge in [0.2, 0.25) is 5.91 Å². The zero-order valence-corrected chi connectivity index (χ0v) is 15.2. The Morgan fingerprint density at radius 3 is 2.69 bits per heavy atom. The van der Waals surface area contributed by atoms with Crippen LogP contribution in [0.1, 0.15) is 19.8 Å². The van der Waals surface area contributed by atoms with E-state index in [1.807, 2.05) is 42.5 Å². The van der Waals surface area contributed by atoms with E-state index in [2.05, 4.69) is 29.3 Å². The van der Waals surface area contributed by atoms with Gasteiger partial charge in [0, 0.05) is 30.4 Å². The van der Waals surface area contributed by atoms with Crippen molar-refractivity contribution >= 4 is 17.3 Å². The Bertz CT molecular complexity index is 688. The normalized spacial score (nSPS) is 17.0. The highest BCUT2D eigenvalue weighted by molar-refractivity contribution is 5.90. The molecule has 3 rings (SSSR count). The van der Waals surface area contributed by atoms with Gasteiger partial charge in [-0.1, -0.05) is 18.2 Å². The van der Waals surface area contributed by atoms with Crippen LogP contribution in [0.2, 0.25) is 0 Å². The fourth-order valence-electron chi connectivity index (χ4n) is 3.01. The molecule has 26 heavy (non-hydrogen) atoms. The van der Waals surface area contributed by atoms with Crippen LogP contribution < -0.4 is 15.0 Å². The highest BCUT2D eigenvalue weighted by Crippen LogP contribution is 2.22. The van der Waals surface area contributed by atoms with Crippen molar-refractivity contribution in [2.75, 3.05) is 36.6 Å². The van der Waals surface area contributed by atoms with E-state index in [1.165, 1.54) is 0 Å². The summed E-state index contributed by atoms with van der Waals surface area (Å²) in [6.45, 7) is 5.10. The average Bonchev–Trinajstić information content (AvgIpc) is 2.67. The van der Waals surface area contributed by atoms with E-state index in [1.54, 1.807) is 0 Å². The molecule has 5 nitrogen and oxygen atoms in total. The van der Waals surface area contributed by atoms with Crippen molar-refractivity contribution in [3.63, 3.8) is 0 Å². The van der Waals surface area contributed by atoms with E-state index in [-0.39, 0.29) is 5.91 Å². The first-order valence-corrected chi connectivity index (χ1v) is 9.14. The molecular weight excluding hydrogens is 328 g/mol. The number of rotatable bonds is 7. The summed E-state index contributed by atoms with van der Waals surface area (Å²) < 4.78 is 11.1. The lowest BCUT2D eigenvalue weighted by atomic mass is 10.2. The first-order valence-electron chi connectivity index (χ1n) is 9.14. The molecule has 1 amide bonds. The first kappa shape index (κ1) is 18.3. The van der Waals surface area contributed by atoms with Crippen molar-refractivity contribution in [1.82, 2.24) is 0 Å². The summed E-state index contributed by atoms with van der Waals surface area (Å²) in [5, 5.41) is 2.94. The lowest BCUT2D eigenvalue weighted by molar-refractivity contribution is -0.116. The number of hydrogen-bond donors (Lipinski definition) is 1. The molecule has 0 spiro atoms. The van der Waals surface area contributed by atoms with Crippen LogP contribution in [0.25, 0.3) is 0 Å². The van der Waals surface area contributed by atoms with E-state index in [0.717, 1.165) is 36.9 Å². The van der Waals surface area contributed by atoms with Gasteiger partial charge >= 0.3 is 0 Å². The van der Waals surface area contributed by atoms with E-state index >= 15 is 0 Å². The molecule has 1 saturated heterocycles. The molecule has 1 heterocycles. The zero-order valence-electron chi connectivity index (χ0n) is 15.2. The number of nitrogens with zero attached hydrogens (tertiary/aromatic N) is 1. The highest BCUT2D eigenvalue weighted by atomic mass is 16.5. The van der Waals surface area contributed by atoms with Gasteiger partial charge in [0.25, 0.3) is 0 Å². The van der Waals surface area contributed by atoms with Gasteiger partial charge in [0.15, 0.2) is 0 Å². The number of carbonyl (C=O) groups is 1. The van der Waals surface area contributed by atoms with Crippen LogP contribution in [0.15, 0.2) is 54.6 Å². The van der Waals surface area contributed by atoms with Crippen LogP contribution in [-0.2, 0) is 9.53 Å². The van der Waals surface area contributed by atoms with Gasteiger partial charge in [-0.3, -0.25) is 4.79 Å². The number of carbonyl (C=O) groups excluding carboxylic acids is 1. The second-order valence-corrected chi connectivity index (χ2v) is 6.48. The molecule has 1 aliphatic rings. The van der Waals surface area contributed by atoms with Crippen LogP contribution in [0.4, 0.5) is 11.4 Å². The molecule has 1 fully saturated rings. The second-order valence-electron chi connectivity index (χ2n) is 6.48. The van der Waals surface area contributed by atoms with Gasteiger partial charge in [-0.2, -0.15) is 0 Å². The Labute approximate surface area is 154 Å². The van der Waals surface area contributed by atoms with Crippen molar-refractivity contribution in [3.05, 3.63) is 54.6 Å². The molecule has 0 radical (unpaired) electrons. The number of ether oxygens (including phenoxy) is 2. The standard InChI is InChI=1S/C21H26N2O3/c1-17-16-25-15-13-23(17)19-11-9-18(10-12-19)22-21(24)8-5-14-26-20-6-3-2-4-7-20/h2-4,6-7,9-12,17H,5,8,13-16H2,1H3,(H,22,24). The van der Waals surface area contributed by atoms with Gasteiger partial charge in [-0.05, 0) is 49.7 Å². The molecule has 0 aliphatic carbocycles. The number of amides is 1. The summed E-state index contributed by atoms with van der Waals surface area (Å²) in [6.07, 6.45) is 1.12. The van der Waals surface area contributed by atoms with Gasteiger partial charge in [-0.25, -0.2) is 0 Å². The Kier molecular flexibility index (Phi) is 6.50. The first-order chi connectivity index (χ1) is 12.7. The average molecular weight is 354 g/mol. The van der Waals surface area contributed by atoms with Crippen molar-refractivity contribution < 1.29 is 14.3 Å². The van der Waals surface area contributed by atoms with E-state index in [4.69, 9.17) is 9.47 Å². The summed E-state index contributed by atoms with van der Waals surface area (Å²) in [7, 11) is 0. The number of anilines is 2. The van der Waals surface area contributed by atoms with Gasteiger partial charge in [0.05, 0.1) is 19.8 Å². The van der Waals surface area contributed by atoms with Crippen LogP contribution >= 0.6 is 0 Å². The Hall–Kier alpha value is -2.53. The van der Waals surface area contributed by atoms with Crippen molar-refractivity contribution in [2.24, 2.45) is 0 Å². The third kappa shape index (κ3) is 5.23. The third-order valence-electron chi connectivity index (χ3n) is 4.41. The zero-order chi connectivity index (χ0) is 18.2. The number of hydrogen-bond acceptors (Lipinski definition) is 4. The molecule has 1 N–H and O–H groups in total. The lowest BCUT2D eigenvalue weighted by Gasteiger charge is -2.35. The SMILES string of the molecule is CC1COCCN1c1ccc(NC(=O)CCCOc2ccccc2)cc1. The maximum Gasteiger partial charge on any atom is 0.224 e. The molecule has 5 heteroatoms. The minimum Gasteiger partial charge on any atom is -0.494 e. The summed E-state index contributed by atoms with van der Waals surface area (Å²) in [6, 6.07) is 18.0. The third-order valence-corrected chi connectivity index (χ3v) is 4.41. The van der Waals surface area contributed by atoms with Crippen molar-refractivity contribution in [1.29, 1.82) is 0 Å². The monoisotopic (exact) mass is 354 g/mol. The van der Waals surface area contributed by atoms with E-state index < -0.39 is 0 Å². The maximum absolute atomic E-state index is 12.1. The number of para-hydroxylation sites is 1.